The van der Waals surface area contributed by atoms with Crippen LogP contribution in [-0.2, 0) is 0 Å². The van der Waals surface area contributed by atoms with Crippen LogP contribution < -0.4 is 0 Å². The lowest BCUT2D eigenvalue weighted by Gasteiger charge is -2.13. The van der Waals surface area contributed by atoms with Crippen molar-refractivity contribution in [1.29, 1.82) is 0 Å². The summed E-state index contributed by atoms with van der Waals surface area (Å²) in [6, 6.07) is 5.89. The predicted octanol–water partition coefficient (Wildman–Crippen LogP) is 2.79. The molecule has 4 N–H and O–H groups in total. The van der Waals surface area contributed by atoms with Crippen LogP contribution >= 0.6 is 0 Å². The van der Waals surface area contributed by atoms with Crippen molar-refractivity contribution >= 4 is 0 Å². The highest BCUT2D eigenvalue weighted by Crippen LogP contribution is 2.45. The van der Waals surface area contributed by atoms with Gasteiger partial charge in [0.15, 0.2) is 0 Å². The van der Waals surface area contributed by atoms with E-state index in [9.17, 15) is 20.4 Å². The summed E-state index contributed by atoms with van der Waals surface area (Å²) >= 11 is 0. The van der Waals surface area contributed by atoms with Gasteiger partial charge in [0.05, 0.1) is 5.56 Å². The molecule has 0 saturated carbocycles. The van der Waals surface area contributed by atoms with Gasteiger partial charge in [0.1, 0.15) is 23.0 Å². The van der Waals surface area contributed by atoms with Gasteiger partial charge in [0.25, 0.3) is 0 Å². The molecule has 0 fully saturated rings. The minimum absolute atomic E-state index is 0.0390. The second-order valence-electron chi connectivity index (χ2n) is 4.23. The van der Waals surface area contributed by atoms with Gasteiger partial charge in [-0.15, -0.1) is 0 Å². The highest BCUT2D eigenvalue weighted by molar-refractivity contribution is 5.83. The van der Waals surface area contributed by atoms with Crippen molar-refractivity contribution in [3.63, 3.8) is 0 Å². The van der Waals surface area contributed by atoms with Crippen LogP contribution in [0.1, 0.15) is 11.1 Å². The van der Waals surface area contributed by atoms with Crippen LogP contribution in [0.3, 0.4) is 0 Å². The molecule has 2 aromatic rings. The van der Waals surface area contributed by atoms with Crippen molar-refractivity contribution in [2.45, 2.75) is 13.8 Å². The zero-order chi connectivity index (χ0) is 13.4. The van der Waals surface area contributed by atoms with Gasteiger partial charge >= 0.3 is 0 Å². The molecule has 94 valence electrons. The first kappa shape index (κ1) is 12.1. The number of phenols is 4. The molecule has 0 amide bonds. The maximum absolute atomic E-state index is 9.99. The third-order valence-electron chi connectivity index (χ3n) is 3.03. The average molecular weight is 246 g/mol. The summed E-state index contributed by atoms with van der Waals surface area (Å²) in [6.07, 6.45) is 0. The lowest BCUT2D eigenvalue weighted by Crippen LogP contribution is -1.87. The summed E-state index contributed by atoms with van der Waals surface area (Å²) in [4.78, 5) is 0. The van der Waals surface area contributed by atoms with Crippen LogP contribution in [0.25, 0.3) is 11.1 Å². The summed E-state index contributed by atoms with van der Waals surface area (Å²) in [5.74, 6) is -0.414. The van der Waals surface area contributed by atoms with E-state index in [0.717, 1.165) is 0 Å². The summed E-state index contributed by atoms with van der Waals surface area (Å²) in [5.41, 5.74) is 1.33. The molecule has 0 heterocycles. The van der Waals surface area contributed by atoms with Gasteiger partial charge in [-0.2, -0.15) is 0 Å². The summed E-state index contributed by atoms with van der Waals surface area (Å²) in [6.45, 7) is 3.25. The van der Waals surface area contributed by atoms with E-state index in [0.29, 0.717) is 11.1 Å². The molecular formula is C14H14O4. The molecule has 2 aromatic carbocycles. The monoisotopic (exact) mass is 246 g/mol. The van der Waals surface area contributed by atoms with Gasteiger partial charge in [-0.05, 0) is 37.6 Å². The molecule has 0 unspecified atom stereocenters. The maximum atomic E-state index is 9.99. The summed E-state index contributed by atoms with van der Waals surface area (Å²) in [7, 11) is 0. The highest BCUT2D eigenvalue weighted by atomic mass is 16.3. The Hall–Kier alpha value is -2.36. The van der Waals surface area contributed by atoms with E-state index in [2.05, 4.69) is 0 Å². The Balaban J connectivity index is 2.78. The first-order valence-electron chi connectivity index (χ1n) is 5.47. The molecule has 4 nitrogen and oxygen atoms in total. The Kier molecular flexibility index (Phi) is 2.79. The van der Waals surface area contributed by atoms with Crippen molar-refractivity contribution in [3.8, 4) is 34.1 Å². The summed E-state index contributed by atoms with van der Waals surface area (Å²) in [5, 5.41) is 39.3. The number of benzene rings is 2. The zero-order valence-corrected chi connectivity index (χ0v) is 10.1. The third-order valence-corrected chi connectivity index (χ3v) is 3.03. The largest absolute Gasteiger partial charge is 0.508 e. The van der Waals surface area contributed by atoms with Crippen LogP contribution in [0, 0.1) is 13.8 Å². The predicted molar refractivity (Wildman–Crippen MR) is 68.0 cm³/mol. The topological polar surface area (TPSA) is 80.9 Å². The fraction of sp³-hybridized carbons (Fsp3) is 0.143. The zero-order valence-electron chi connectivity index (χ0n) is 10.1. The van der Waals surface area contributed by atoms with Crippen molar-refractivity contribution in [3.05, 3.63) is 35.4 Å². The number of hydrogen-bond acceptors (Lipinski definition) is 4. The number of aromatic hydroxyl groups is 4. The molecule has 2 rings (SSSR count). The second kappa shape index (κ2) is 4.14. The number of hydrogen-bond donors (Lipinski definition) is 4. The number of rotatable bonds is 1. The van der Waals surface area contributed by atoms with E-state index in [1.165, 1.54) is 18.2 Å². The molecule has 0 saturated heterocycles. The second-order valence-corrected chi connectivity index (χ2v) is 4.23. The van der Waals surface area contributed by atoms with Crippen LogP contribution in [-0.4, -0.2) is 20.4 Å². The Bertz CT molecular complexity index is 618. The smallest absolute Gasteiger partial charge is 0.130 e. The van der Waals surface area contributed by atoms with Gasteiger partial charge < -0.3 is 20.4 Å². The molecule has 0 spiro atoms. The Labute approximate surface area is 104 Å². The van der Waals surface area contributed by atoms with Crippen molar-refractivity contribution < 1.29 is 20.4 Å². The van der Waals surface area contributed by atoms with E-state index >= 15 is 0 Å². The van der Waals surface area contributed by atoms with Crippen LogP contribution in [0.4, 0.5) is 0 Å². The van der Waals surface area contributed by atoms with E-state index in [1.54, 1.807) is 19.9 Å². The van der Waals surface area contributed by atoms with Gasteiger partial charge in [0, 0.05) is 11.1 Å². The van der Waals surface area contributed by atoms with Gasteiger partial charge in [-0.3, -0.25) is 0 Å². The van der Waals surface area contributed by atoms with Crippen molar-refractivity contribution in [1.82, 2.24) is 0 Å². The molecule has 0 radical (unpaired) electrons. The lowest BCUT2D eigenvalue weighted by atomic mass is 9.97. The molecule has 0 aromatic heterocycles. The van der Waals surface area contributed by atoms with Crippen LogP contribution in [0.2, 0.25) is 0 Å². The first-order chi connectivity index (χ1) is 8.43. The van der Waals surface area contributed by atoms with Crippen molar-refractivity contribution in [2.75, 3.05) is 0 Å². The molecule has 4 heteroatoms. The van der Waals surface area contributed by atoms with Crippen molar-refractivity contribution in [2.24, 2.45) is 0 Å². The maximum Gasteiger partial charge on any atom is 0.130 e. The van der Waals surface area contributed by atoms with Gasteiger partial charge in [-0.25, -0.2) is 0 Å². The first-order valence-corrected chi connectivity index (χ1v) is 5.47. The Morgan fingerprint density at radius 1 is 0.722 bits per heavy atom. The van der Waals surface area contributed by atoms with Gasteiger partial charge in [0.2, 0.25) is 0 Å². The Morgan fingerprint density at radius 2 is 1.33 bits per heavy atom. The molecule has 0 aliphatic carbocycles. The average Bonchev–Trinajstić information content (AvgIpc) is 2.34. The van der Waals surface area contributed by atoms with E-state index in [4.69, 9.17) is 0 Å². The molecule has 0 bridgehead atoms. The molecule has 0 aliphatic rings. The van der Waals surface area contributed by atoms with Gasteiger partial charge in [-0.1, -0.05) is 6.07 Å². The number of phenolic OH excluding ortho intramolecular Hbond substituents is 4. The number of aryl methyl sites for hydroxylation is 1. The summed E-state index contributed by atoms with van der Waals surface area (Å²) < 4.78 is 0. The van der Waals surface area contributed by atoms with E-state index in [-0.39, 0.29) is 34.1 Å². The third kappa shape index (κ3) is 1.72. The molecule has 0 aliphatic heterocycles. The fourth-order valence-electron chi connectivity index (χ4n) is 1.84. The van der Waals surface area contributed by atoms with Crippen LogP contribution in [0.15, 0.2) is 24.3 Å². The van der Waals surface area contributed by atoms with Crippen LogP contribution in [0.5, 0.6) is 23.0 Å². The SMILES string of the molecule is Cc1ccc(O)c(-c2ccc(O)c(C)c2O)c1O. The minimum atomic E-state index is -0.161. The van der Waals surface area contributed by atoms with E-state index in [1.807, 2.05) is 0 Å². The molecule has 18 heavy (non-hydrogen) atoms. The Morgan fingerprint density at radius 3 is 2.00 bits per heavy atom. The minimum Gasteiger partial charge on any atom is -0.508 e. The lowest BCUT2D eigenvalue weighted by molar-refractivity contribution is 0.438. The normalized spacial score (nSPS) is 10.6. The molecular weight excluding hydrogens is 232 g/mol. The fourth-order valence-corrected chi connectivity index (χ4v) is 1.84. The highest BCUT2D eigenvalue weighted by Gasteiger charge is 2.18. The standard InChI is InChI=1S/C14H14O4/c1-7-3-5-11(16)12(13(7)17)9-4-6-10(15)8(2)14(9)18/h3-6,15-18H,1-2H3. The molecule has 0 atom stereocenters. The van der Waals surface area contributed by atoms with E-state index < -0.39 is 0 Å². The quantitative estimate of drug-likeness (QED) is 0.623.